The molecule has 3 heterocycles. The third kappa shape index (κ3) is 5.24. The van der Waals surface area contributed by atoms with Gasteiger partial charge in [0.25, 0.3) is 0 Å². The van der Waals surface area contributed by atoms with Crippen LogP contribution in [0, 0.1) is 5.82 Å². The van der Waals surface area contributed by atoms with Gasteiger partial charge in [0.1, 0.15) is 22.7 Å². The number of rotatable bonds is 5. The molecule has 3 aromatic carbocycles. The summed E-state index contributed by atoms with van der Waals surface area (Å²) in [6.45, 7) is 6.77. The van der Waals surface area contributed by atoms with Crippen LogP contribution in [0.25, 0.3) is 32.8 Å². The number of fused-ring (bicyclic) bond motifs is 4. The van der Waals surface area contributed by atoms with E-state index < -0.39 is 11.4 Å². The molecule has 0 aliphatic carbocycles. The minimum absolute atomic E-state index is 0.0299. The van der Waals surface area contributed by atoms with E-state index in [9.17, 15) is 4.79 Å². The summed E-state index contributed by atoms with van der Waals surface area (Å²) in [6.07, 6.45) is 1.43. The first-order valence-corrected chi connectivity index (χ1v) is 14.1. The zero-order valence-electron chi connectivity index (χ0n) is 23.5. The maximum Gasteiger partial charge on any atom is 0.410 e. The third-order valence-corrected chi connectivity index (χ3v) is 7.78. The van der Waals surface area contributed by atoms with E-state index in [1.54, 1.807) is 13.2 Å². The number of carbonyl (C=O) groups excluding carboxylic acids is 1. The highest BCUT2D eigenvalue weighted by molar-refractivity contribution is 6.29. The van der Waals surface area contributed by atoms with Gasteiger partial charge in [-0.3, -0.25) is 4.90 Å². The summed E-state index contributed by atoms with van der Waals surface area (Å²) in [7, 11) is 1.55. The summed E-state index contributed by atoms with van der Waals surface area (Å²) in [5.41, 5.74) is 0.632. The summed E-state index contributed by atoms with van der Waals surface area (Å²) in [6, 6.07) is 15.0. The molecule has 214 valence electrons. The number of nitrogens with zero attached hydrogens (tertiary/aromatic N) is 4. The third-order valence-electron chi connectivity index (χ3n) is 7.61. The van der Waals surface area contributed by atoms with Gasteiger partial charge in [-0.05, 0) is 79.7 Å². The fraction of sp³-hybridized carbons (Fsp3) is 0.387. The van der Waals surface area contributed by atoms with Gasteiger partial charge in [0, 0.05) is 31.1 Å². The van der Waals surface area contributed by atoms with Gasteiger partial charge in [0.2, 0.25) is 5.28 Å². The Kier molecular flexibility index (Phi) is 7.11. The number of benzene rings is 3. The van der Waals surface area contributed by atoms with Crippen LogP contribution in [0.1, 0.15) is 33.6 Å². The smallest absolute Gasteiger partial charge is 0.410 e. The molecule has 1 aromatic heterocycles. The molecule has 4 aromatic rings. The van der Waals surface area contributed by atoms with E-state index in [0.717, 1.165) is 23.6 Å². The predicted octanol–water partition coefficient (Wildman–Crippen LogP) is 6.81. The molecule has 6 rings (SSSR count). The Morgan fingerprint density at radius 3 is 2.46 bits per heavy atom. The second-order valence-electron chi connectivity index (χ2n) is 11.6. The average molecular weight is 579 g/mol. The van der Waals surface area contributed by atoms with E-state index in [1.165, 1.54) is 0 Å². The molecule has 1 amide bonds. The number of carbonyl (C=O) groups is 1. The Morgan fingerprint density at radius 2 is 1.76 bits per heavy atom. The molecule has 0 radical (unpaired) electrons. The van der Waals surface area contributed by atoms with Crippen molar-refractivity contribution in [3.63, 3.8) is 0 Å². The highest BCUT2D eigenvalue weighted by Crippen LogP contribution is 2.40. The fourth-order valence-electron chi connectivity index (χ4n) is 5.97. The molecule has 2 bridgehead atoms. The Hall–Kier alpha value is -3.69. The number of hydrogen-bond donors (Lipinski definition) is 0. The molecule has 2 saturated heterocycles. The topological polar surface area (TPSA) is 77.0 Å². The van der Waals surface area contributed by atoms with E-state index in [2.05, 4.69) is 14.9 Å². The van der Waals surface area contributed by atoms with Crippen LogP contribution >= 0.6 is 11.6 Å². The van der Waals surface area contributed by atoms with Gasteiger partial charge in [-0.15, -0.1) is 0 Å². The van der Waals surface area contributed by atoms with Crippen LogP contribution in [0.3, 0.4) is 0 Å². The number of methoxy groups -OCH3 is 1. The quantitative estimate of drug-likeness (QED) is 0.190. The molecule has 0 spiro atoms. The molecule has 2 fully saturated rings. The molecule has 41 heavy (non-hydrogen) atoms. The van der Waals surface area contributed by atoms with E-state index >= 15 is 4.39 Å². The lowest BCUT2D eigenvalue weighted by molar-refractivity contribution is 0.0123. The second-order valence-corrected chi connectivity index (χ2v) is 11.9. The molecule has 2 aliphatic rings. The zero-order valence-corrected chi connectivity index (χ0v) is 24.2. The van der Waals surface area contributed by atoms with Gasteiger partial charge >= 0.3 is 6.09 Å². The molecule has 10 heteroatoms. The standard InChI is InChI=1S/C31H32ClFN4O4/c1-31(2,3)41-30(38)37-19-9-10-20(37)16-36(15-19)28-24-12-11-23(26(33)27(24)34-29(32)35-28)25-14-21(40-17-39-4)13-18-7-5-6-8-22(18)25/h5-8,11-14,19-20H,9-10,15-17H2,1-4H3/t19-,20+. The number of ether oxygens (including phenoxy) is 3. The molecule has 0 saturated carbocycles. The van der Waals surface area contributed by atoms with Crippen molar-refractivity contribution in [2.45, 2.75) is 51.3 Å². The van der Waals surface area contributed by atoms with Crippen molar-refractivity contribution in [1.82, 2.24) is 14.9 Å². The number of hydrogen-bond acceptors (Lipinski definition) is 7. The highest BCUT2D eigenvalue weighted by Gasteiger charge is 2.45. The van der Waals surface area contributed by atoms with Crippen LogP contribution in [0.4, 0.5) is 15.0 Å². The van der Waals surface area contributed by atoms with Crippen LogP contribution in [0.2, 0.25) is 5.28 Å². The van der Waals surface area contributed by atoms with Crippen molar-refractivity contribution in [3.05, 3.63) is 59.6 Å². The van der Waals surface area contributed by atoms with Crippen LogP contribution < -0.4 is 9.64 Å². The number of aromatic nitrogens is 2. The maximum absolute atomic E-state index is 16.4. The monoisotopic (exact) mass is 578 g/mol. The normalized spacial score (nSPS) is 18.8. The molecular formula is C31H32ClFN4O4. The summed E-state index contributed by atoms with van der Waals surface area (Å²) < 4.78 is 32.8. The van der Waals surface area contributed by atoms with E-state index in [4.69, 9.17) is 25.8 Å². The summed E-state index contributed by atoms with van der Waals surface area (Å²) in [5, 5.41) is 2.32. The highest BCUT2D eigenvalue weighted by atomic mass is 35.5. The molecule has 0 unspecified atom stereocenters. The van der Waals surface area contributed by atoms with E-state index in [1.807, 2.05) is 68.1 Å². The van der Waals surface area contributed by atoms with Crippen molar-refractivity contribution >= 4 is 45.2 Å². The minimum Gasteiger partial charge on any atom is -0.468 e. The summed E-state index contributed by atoms with van der Waals surface area (Å²) in [4.78, 5) is 25.8. The van der Waals surface area contributed by atoms with Crippen LogP contribution in [0.5, 0.6) is 5.75 Å². The van der Waals surface area contributed by atoms with Gasteiger partial charge in [-0.2, -0.15) is 4.98 Å². The first-order valence-electron chi connectivity index (χ1n) is 13.7. The van der Waals surface area contributed by atoms with Crippen molar-refractivity contribution in [2.75, 3.05) is 31.9 Å². The summed E-state index contributed by atoms with van der Waals surface area (Å²) in [5.74, 6) is 0.644. The van der Waals surface area contributed by atoms with E-state index in [0.29, 0.717) is 41.2 Å². The van der Waals surface area contributed by atoms with Crippen LogP contribution in [-0.4, -0.2) is 65.6 Å². The minimum atomic E-state index is -0.569. The SMILES string of the molecule is COCOc1cc(-c2ccc3c(N4C[C@H]5CC[C@@H](C4)N5C(=O)OC(C)(C)C)nc(Cl)nc3c2F)c2ccccc2c1. The first kappa shape index (κ1) is 27.5. The van der Waals surface area contributed by atoms with Crippen LogP contribution in [0.15, 0.2) is 48.5 Å². The van der Waals surface area contributed by atoms with Gasteiger partial charge in [-0.1, -0.05) is 30.3 Å². The number of halogens is 2. The Bertz CT molecular complexity index is 1630. The Labute approximate surface area is 243 Å². The van der Waals surface area contributed by atoms with Crippen molar-refractivity contribution in [2.24, 2.45) is 0 Å². The Morgan fingerprint density at radius 1 is 1.02 bits per heavy atom. The molecule has 8 nitrogen and oxygen atoms in total. The van der Waals surface area contributed by atoms with Crippen molar-refractivity contribution in [1.29, 1.82) is 0 Å². The Balaban J connectivity index is 1.39. The molecule has 0 N–H and O–H groups in total. The summed E-state index contributed by atoms with van der Waals surface area (Å²) >= 11 is 6.40. The zero-order chi connectivity index (χ0) is 28.9. The maximum atomic E-state index is 16.4. The van der Waals surface area contributed by atoms with Crippen molar-refractivity contribution < 1.29 is 23.4 Å². The van der Waals surface area contributed by atoms with Gasteiger partial charge in [-0.25, -0.2) is 14.2 Å². The van der Waals surface area contributed by atoms with E-state index in [-0.39, 0.29) is 35.8 Å². The lowest BCUT2D eigenvalue weighted by Crippen LogP contribution is -2.57. The van der Waals surface area contributed by atoms with Gasteiger partial charge in [0.05, 0.1) is 12.1 Å². The van der Waals surface area contributed by atoms with Crippen molar-refractivity contribution in [3.8, 4) is 16.9 Å². The molecule has 2 atom stereocenters. The van der Waals surface area contributed by atoms with Crippen LogP contribution in [-0.2, 0) is 9.47 Å². The molecular weight excluding hydrogens is 547 g/mol. The number of amides is 1. The van der Waals surface area contributed by atoms with Gasteiger partial charge in [0.15, 0.2) is 12.6 Å². The largest absolute Gasteiger partial charge is 0.468 e. The predicted molar refractivity (Wildman–Crippen MR) is 157 cm³/mol. The average Bonchev–Trinajstić information content (AvgIpc) is 3.20. The molecule has 2 aliphatic heterocycles. The fourth-order valence-corrected chi connectivity index (χ4v) is 6.14. The number of anilines is 1. The van der Waals surface area contributed by atoms with Gasteiger partial charge < -0.3 is 19.1 Å². The second kappa shape index (κ2) is 10.6. The number of piperazine rings is 1. The lowest BCUT2D eigenvalue weighted by atomic mass is 9.96. The first-order chi connectivity index (χ1) is 19.6. The lowest BCUT2D eigenvalue weighted by Gasteiger charge is -2.42.